The number of nitrogens with two attached hydrogens (primary N) is 1. The van der Waals surface area contributed by atoms with Gasteiger partial charge in [-0.25, -0.2) is 5.84 Å². The molecule has 6 heteroatoms. The van der Waals surface area contributed by atoms with Crippen LogP contribution < -0.4 is 16.2 Å². The maximum atomic E-state index is 12.1. The average molecular weight is 275 g/mol. The third-order valence-corrected chi connectivity index (χ3v) is 3.47. The second kappa shape index (κ2) is 5.42. The lowest BCUT2D eigenvalue weighted by atomic mass is 10.0. The summed E-state index contributed by atoms with van der Waals surface area (Å²) in [5.41, 5.74) is 4.88. The largest absolute Gasteiger partial charge is 0.304 e. The van der Waals surface area contributed by atoms with Crippen molar-refractivity contribution in [3.05, 3.63) is 28.8 Å². The summed E-state index contributed by atoms with van der Waals surface area (Å²) in [4.78, 5) is 36.7. The molecule has 1 heterocycles. The van der Waals surface area contributed by atoms with Crippen molar-refractivity contribution in [3.63, 3.8) is 0 Å². The molecule has 1 aromatic rings. The number of carbonyl (C=O) groups is 3. The molecule has 0 fully saturated rings. The highest BCUT2D eigenvalue weighted by Crippen LogP contribution is 2.34. The minimum absolute atomic E-state index is 0.217. The zero-order chi connectivity index (χ0) is 14.9. The summed E-state index contributed by atoms with van der Waals surface area (Å²) in [5, 5.41) is 0. The standard InChI is InChI=1S/C14H17N3O3/c1-8-5-6-9(2)12-11(8)13(19)14(20)17(12)7-3-4-10(18)16-15/h5-6H,3-4,7,15H2,1-2H3,(H,16,18). The van der Waals surface area contributed by atoms with Crippen LogP contribution >= 0.6 is 0 Å². The molecule has 1 aliphatic heterocycles. The van der Waals surface area contributed by atoms with Gasteiger partial charge >= 0.3 is 0 Å². The molecule has 1 aromatic carbocycles. The number of hydrazine groups is 1. The van der Waals surface area contributed by atoms with Crippen LogP contribution in [-0.4, -0.2) is 24.1 Å². The zero-order valence-electron chi connectivity index (χ0n) is 11.5. The van der Waals surface area contributed by atoms with Crippen LogP contribution in [0.4, 0.5) is 5.69 Å². The molecule has 0 bridgehead atoms. The Morgan fingerprint density at radius 2 is 1.90 bits per heavy atom. The Morgan fingerprint density at radius 3 is 2.55 bits per heavy atom. The van der Waals surface area contributed by atoms with Gasteiger partial charge in [-0.1, -0.05) is 12.1 Å². The third kappa shape index (κ3) is 2.30. The molecule has 0 spiro atoms. The van der Waals surface area contributed by atoms with Gasteiger partial charge in [-0.05, 0) is 31.4 Å². The van der Waals surface area contributed by atoms with Gasteiger partial charge in [-0.15, -0.1) is 0 Å². The molecule has 0 unspecified atom stereocenters. The molecule has 2 amide bonds. The average Bonchev–Trinajstić information content (AvgIpc) is 2.68. The monoisotopic (exact) mass is 275 g/mol. The number of anilines is 1. The van der Waals surface area contributed by atoms with Crippen LogP contribution in [0.25, 0.3) is 0 Å². The Bertz CT molecular complexity index is 596. The number of ketones is 1. The van der Waals surface area contributed by atoms with E-state index in [2.05, 4.69) is 0 Å². The summed E-state index contributed by atoms with van der Waals surface area (Å²) >= 11 is 0. The second-order valence-corrected chi connectivity index (χ2v) is 4.88. The quantitative estimate of drug-likeness (QED) is 0.364. The van der Waals surface area contributed by atoms with Gasteiger partial charge in [0.15, 0.2) is 0 Å². The van der Waals surface area contributed by atoms with E-state index < -0.39 is 11.7 Å². The first kappa shape index (κ1) is 14.2. The van der Waals surface area contributed by atoms with Crippen LogP contribution in [0.5, 0.6) is 0 Å². The number of rotatable bonds is 4. The van der Waals surface area contributed by atoms with Crippen molar-refractivity contribution >= 4 is 23.3 Å². The number of amides is 2. The molecule has 20 heavy (non-hydrogen) atoms. The molecule has 6 nitrogen and oxygen atoms in total. The fourth-order valence-electron chi connectivity index (χ4n) is 2.44. The van der Waals surface area contributed by atoms with E-state index in [9.17, 15) is 14.4 Å². The van der Waals surface area contributed by atoms with Gasteiger partial charge in [0, 0.05) is 13.0 Å². The lowest BCUT2D eigenvalue weighted by Crippen LogP contribution is -2.33. The van der Waals surface area contributed by atoms with Crippen molar-refractivity contribution in [3.8, 4) is 0 Å². The molecule has 0 aromatic heterocycles. The normalized spacial score (nSPS) is 13.7. The molecule has 0 saturated carbocycles. The lowest BCUT2D eigenvalue weighted by molar-refractivity contribution is -0.121. The first-order valence-electron chi connectivity index (χ1n) is 6.43. The smallest absolute Gasteiger partial charge is 0.299 e. The summed E-state index contributed by atoms with van der Waals surface area (Å²) in [7, 11) is 0. The second-order valence-electron chi connectivity index (χ2n) is 4.88. The van der Waals surface area contributed by atoms with Gasteiger partial charge in [-0.2, -0.15) is 0 Å². The topological polar surface area (TPSA) is 92.5 Å². The zero-order valence-corrected chi connectivity index (χ0v) is 11.5. The van der Waals surface area contributed by atoms with Crippen LogP contribution in [-0.2, 0) is 9.59 Å². The number of fused-ring (bicyclic) bond motifs is 1. The Morgan fingerprint density at radius 1 is 1.25 bits per heavy atom. The predicted octanol–water partition coefficient (Wildman–Crippen LogP) is 0.603. The highest BCUT2D eigenvalue weighted by molar-refractivity contribution is 6.52. The van der Waals surface area contributed by atoms with Crippen molar-refractivity contribution in [1.29, 1.82) is 0 Å². The van der Waals surface area contributed by atoms with Gasteiger partial charge < -0.3 is 4.90 Å². The van der Waals surface area contributed by atoms with Gasteiger partial charge in [0.2, 0.25) is 5.91 Å². The Balaban J connectivity index is 2.25. The van der Waals surface area contributed by atoms with E-state index in [0.717, 1.165) is 11.1 Å². The number of nitrogens with zero attached hydrogens (tertiary/aromatic N) is 1. The highest BCUT2D eigenvalue weighted by atomic mass is 16.2. The van der Waals surface area contributed by atoms with E-state index in [1.54, 1.807) is 0 Å². The number of carbonyl (C=O) groups excluding carboxylic acids is 3. The van der Waals surface area contributed by atoms with Crippen LogP contribution in [0.1, 0.15) is 34.3 Å². The summed E-state index contributed by atoms with van der Waals surface area (Å²) in [6.07, 6.45) is 0.670. The number of hydrogen-bond donors (Lipinski definition) is 2. The molecule has 1 aliphatic rings. The summed E-state index contributed by atoms with van der Waals surface area (Å²) in [5.74, 6) is 3.72. The molecule has 0 saturated heterocycles. The Hall–Kier alpha value is -2.21. The van der Waals surface area contributed by atoms with Crippen molar-refractivity contribution in [2.75, 3.05) is 11.4 Å². The molecule has 0 radical (unpaired) electrons. The molecule has 0 atom stereocenters. The van der Waals surface area contributed by atoms with Gasteiger partial charge in [-0.3, -0.25) is 19.8 Å². The van der Waals surface area contributed by atoms with Crippen LogP contribution in [0.15, 0.2) is 12.1 Å². The number of aryl methyl sites for hydroxylation is 2. The third-order valence-electron chi connectivity index (χ3n) is 3.47. The molecular formula is C14H17N3O3. The maximum absolute atomic E-state index is 12.1. The van der Waals surface area contributed by atoms with E-state index in [1.165, 1.54) is 4.90 Å². The minimum atomic E-state index is -0.523. The minimum Gasteiger partial charge on any atom is -0.304 e. The number of hydrogen-bond acceptors (Lipinski definition) is 4. The number of nitrogens with one attached hydrogen (secondary N) is 1. The van der Waals surface area contributed by atoms with Gasteiger partial charge in [0.25, 0.3) is 11.7 Å². The van der Waals surface area contributed by atoms with E-state index >= 15 is 0 Å². The first-order chi connectivity index (χ1) is 9.47. The Kier molecular flexibility index (Phi) is 3.85. The fraction of sp³-hybridized carbons (Fsp3) is 0.357. The lowest BCUT2D eigenvalue weighted by Gasteiger charge is -2.18. The van der Waals surface area contributed by atoms with Crippen molar-refractivity contribution in [2.45, 2.75) is 26.7 Å². The van der Waals surface area contributed by atoms with Gasteiger partial charge in [0.1, 0.15) is 0 Å². The van der Waals surface area contributed by atoms with Gasteiger partial charge in [0.05, 0.1) is 11.3 Å². The molecule has 2 rings (SSSR count). The first-order valence-corrected chi connectivity index (χ1v) is 6.43. The van der Waals surface area contributed by atoms with Crippen molar-refractivity contribution in [1.82, 2.24) is 5.43 Å². The van der Waals surface area contributed by atoms with E-state index in [4.69, 9.17) is 5.84 Å². The predicted molar refractivity (Wildman–Crippen MR) is 74.2 cm³/mol. The van der Waals surface area contributed by atoms with E-state index in [-0.39, 0.29) is 12.3 Å². The van der Waals surface area contributed by atoms with Crippen molar-refractivity contribution < 1.29 is 14.4 Å². The van der Waals surface area contributed by atoms with Crippen LogP contribution in [0.2, 0.25) is 0 Å². The SMILES string of the molecule is Cc1ccc(C)c2c1C(=O)C(=O)N2CCCC(=O)NN. The summed E-state index contributed by atoms with van der Waals surface area (Å²) in [6, 6.07) is 3.73. The fourth-order valence-corrected chi connectivity index (χ4v) is 2.44. The summed E-state index contributed by atoms with van der Waals surface area (Å²) in [6.45, 7) is 4.01. The summed E-state index contributed by atoms with van der Waals surface area (Å²) < 4.78 is 0. The van der Waals surface area contributed by atoms with Crippen LogP contribution in [0, 0.1) is 13.8 Å². The molecule has 3 N–H and O–H groups in total. The molecule has 0 aliphatic carbocycles. The number of benzene rings is 1. The van der Waals surface area contributed by atoms with E-state index in [0.29, 0.717) is 24.2 Å². The van der Waals surface area contributed by atoms with Crippen molar-refractivity contribution in [2.24, 2.45) is 5.84 Å². The van der Waals surface area contributed by atoms with Crippen LogP contribution in [0.3, 0.4) is 0 Å². The molecular weight excluding hydrogens is 258 g/mol. The highest BCUT2D eigenvalue weighted by Gasteiger charge is 2.37. The van der Waals surface area contributed by atoms with E-state index in [1.807, 2.05) is 31.4 Å². The Labute approximate surface area is 116 Å². The molecule has 106 valence electrons. The number of Topliss-reactive ketones (excluding diaryl/α,β-unsaturated/α-hetero) is 1. The maximum Gasteiger partial charge on any atom is 0.299 e.